The van der Waals surface area contributed by atoms with Crippen molar-refractivity contribution in [2.24, 2.45) is 127 Å². The van der Waals surface area contributed by atoms with Crippen molar-refractivity contribution in [2.75, 3.05) is 59.3 Å². The zero-order valence-electron chi connectivity index (χ0n) is 89.6. The molecule has 1 aliphatic heterocycles. The van der Waals surface area contributed by atoms with Gasteiger partial charge in [-0.2, -0.15) is 5.11 Å². The molecule has 19 N–H and O–H groups in total. The van der Waals surface area contributed by atoms with Crippen molar-refractivity contribution in [3.05, 3.63) is 0 Å². The highest BCUT2D eigenvalue weighted by Gasteiger charge is 2.33. The second-order valence-electron chi connectivity index (χ2n) is 48.9. The lowest BCUT2D eigenvalue weighted by molar-refractivity contribution is -0.143. The van der Waals surface area contributed by atoms with Crippen molar-refractivity contribution in [3.63, 3.8) is 0 Å². The summed E-state index contributed by atoms with van der Waals surface area (Å²) in [7, 11) is 0. The van der Waals surface area contributed by atoms with Gasteiger partial charge in [-0.05, 0) is 230 Å². The number of amides is 6. The molecule has 0 radical (unpaired) electrons. The number of aliphatic hydroxyl groups excluding tert-OH is 3. The van der Waals surface area contributed by atoms with Crippen LogP contribution in [0, 0.1) is 82.7 Å². The van der Waals surface area contributed by atoms with Crippen LogP contribution in [-0.2, 0) is 47.8 Å². The van der Waals surface area contributed by atoms with Gasteiger partial charge in [-0.1, -0.05) is 262 Å². The third-order valence-corrected chi connectivity index (χ3v) is 19.7. The highest BCUT2D eigenvalue weighted by atomic mass is 16.5. The van der Waals surface area contributed by atoms with E-state index in [1.807, 2.05) is 41.5 Å². The van der Waals surface area contributed by atoms with Crippen LogP contribution < -0.4 is 39.3 Å². The largest absolute Gasteiger partial charge is 0.481 e. The molecule has 0 aromatic carbocycles. The highest BCUT2D eigenvalue weighted by Crippen LogP contribution is 2.40. The summed E-state index contributed by atoms with van der Waals surface area (Å²) >= 11 is 0. The lowest BCUT2D eigenvalue weighted by Crippen LogP contribution is -2.36. The summed E-state index contributed by atoms with van der Waals surface area (Å²) in [6, 6.07) is -1.11. The van der Waals surface area contributed by atoms with Crippen molar-refractivity contribution >= 4 is 59.2 Å². The summed E-state index contributed by atoms with van der Waals surface area (Å²) in [6.45, 7) is 82.0. The maximum atomic E-state index is 10.7. The van der Waals surface area contributed by atoms with Crippen LogP contribution in [0.15, 0.2) is 15.4 Å². The van der Waals surface area contributed by atoms with E-state index in [-0.39, 0.29) is 59.5 Å². The van der Waals surface area contributed by atoms with E-state index in [1.54, 1.807) is 0 Å². The molecule has 1 atom stereocenters. The molecule has 2 saturated carbocycles. The van der Waals surface area contributed by atoms with Gasteiger partial charge in [0.05, 0.1) is 50.4 Å². The first-order chi connectivity index (χ1) is 57.8. The lowest BCUT2D eigenvalue weighted by Gasteiger charge is -2.35. The van der Waals surface area contributed by atoms with Gasteiger partial charge in [0.25, 0.3) is 0 Å². The predicted molar refractivity (Wildman–Crippen MR) is 533 cm³/mol. The number of carboxylic acid groups (broad SMARTS) is 4. The molecule has 2 fully saturated rings. The Kier molecular flexibility index (Phi) is 80.2. The number of rotatable bonds is 31. The molecule has 129 heavy (non-hydrogen) atoms. The van der Waals surface area contributed by atoms with Gasteiger partial charge in [-0.15, -0.1) is 5.10 Å². The van der Waals surface area contributed by atoms with Gasteiger partial charge in [-0.25, -0.2) is 4.79 Å². The zero-order valence-corrected chi connectivity index (χ0v) is 89.6. The number of unbranched alkanes of at least 4 members (excludes halogenated alkanes) is 1. The Bertz CT molecular complexity index is 2910. The first kappa shape index (κ1) is 141. The number of hydrogen-bond donors (Lipinski definition) is 14. The van der Waals surface area contributed by atoms with Crippen molar-refractivity contribution in [1.82, 2.24) is 10.6 Å². The Morgan fingerprint density at radius 1 is 0.395 bits per heavy atom. The van der Waals surface area contributed by atoms with Crippen molar-refractivity contribution in [1.29, 1.82) is 0 Å². The van der Waals surface area contributed by atoms with E-state index in [1.165, 1.54) is 25.7 Å². The van der Waals surface area contributed by atoms with E-state index >= 15 is 0 Å². The van der Waals surface area contributed by atoms with E-state index in [4.69, 9.17) is 68.8 Å². The van der Waals surface area contributed by atoms with Gasteiger partial charge in [0, 0.05) is 45.8 Å². The standard InChI is InChI=1S/C11H22O4.C11H20O2.C10H21NO2.C10H20O.C9H17N3.C9H18N2O2.C8H18N2O.C8H17NO.C7H16O.C6H13NO.C6H12O2.C6H14O/c1-11(2,3)5-7-15-9-8-14-6-4-10(12)13;1-11(2,3)9-6-4-8(5-7-9)10(12)13;1-10(2,3)7-5-4-6-8(11)9(12)13;1-10(2,3)8-4-6-9(11)7-5-8;1-9(2,3)6-4-5-8-7-10-12-11-8;1-9(2,3)5-4-6-11-8(13)7(10)12;1-8(2,3)5-4-6-10-7(9)11;1-8(2,3)6-4-5-7(9)10;1-7(2,3)5-4-6-8;2*1-6(2,3)4-5(7)8;1-6(2,3)4-5-7/h4-9H2,1-3H3,(H,12,13);8-9H,4-7H2,1-3H3,(H,12,13);8H,4-7,11H2,1-3H3,(H,12,13);8-9,11H,4-7H2,1-3H3;4-7H2,1-3H3;4-6H2,1-3H3,(H2,10,12)(H,11,13);4-6H2,1-3H3,(H3,9,10,11);4-6H2,1-3H3,(H2,9,10);8H,4-6H2,1-3H3;4H2,1-3H3,(H2,7,8);4H2,1-3H3,(H,7,8);7H,4-5H2,1-3H3. The minimum atomic E-state index is -0.921. The number of carbonyl (C=O) groups is 9. The monoisotopic (exact) mass is 1850 g/mol. The van der Waals surface area contributed by atoms with Gasteiger partial charge >= 0.3 is 41.7 Å². The molecule has 1 heterocycles. The molecule has 28 nitrogen and oxygen atoms in total. The third-order valence-electron chi connectivity index (χ3n) is 19.7. The molecule has 0 aromatic rings. The Morgan fingerprint density at radius 2 is 0.767 bits per heavy atom. The number of aliphatic carboxylic acids is 4. The average Bonchev–Trinajstić information content (AvgIpc) is 1.02. The van der Waals surface area contributed by atoms with Gasteiger partial charge in [0.2, 0.25) is 11.8 Å². The summed E-state index contributed by atoms with van der Waals surface area (Å²) in [5.41, 5.74) is 29.5. The first-order valence-electron chi connectivity index (χ1n) is 47.6. The number of ether oxygens (including phenoxy) is 2. The average molecular weight is 1850 g/mol. The topological polar surface area (TPSA) is 505 Å². The fourth-order valence-corrected chi connectivity index (χ4v) is 11.8. The molecule has 2 aliphatic carbocycles. The molecular formula is C101H208N10O18. The number of nitrogens with zero attached hydrogens (tertiary/aromatic N) is 3. The summed E-state index contributed by atoms with van der Waals surface area (Å²) in [4.78, 5) is 93.0. The molecule has 0 bridgehead atoms. The maximum Gasteiger partial charge on any atom is 0.320 e. The number of hydrogen-bond acceptors (Lipinski definition) is 18. The fraction of sp³-hybridized carbons (Fsp3) is 0.901. The van der Waals surface area contributed by atoms with E-state index in [9.17, 15) is 48.3 Å². The Hall–Kier alpha value is -5.94. The first-order valence-corrected chi connectivity index (χ1v) is 47.6. The number of urea groups is 1. The molecule has 3 aliphatic rings. The second-order valence-corrected chi connectivity index (χ2v) is 48.9. The quantitative estimate of drug-likeness (QED) is 0.0226. The predicted octanol–water partition coefficient (Wildman–Crippen LogP) is 21.7. The van der Waals surface area contributed by atoms with Crippen LogP contribution in [0.2, 0.25) is 0 Å². The molecular weight excluding hydrogens is 1640 g/mol. The summed E-state index contributed by atoms with van der Waals surface area (Å²) in [6.07, 6.45) is 26.7. The molecule has 1 unspecified atom stereocenters. The fourth-order valence-electron chi connectivity index (χ4n) is 11.8. The van der Waals surface area contributed by atoms with E-state index in [2.05, 4.69) is 234 Å². The van der Waals surface area contributed by atoms with E-state index in [0.717, 1.165) is 153 Å². The molecule has 0 aromatic heterocycles. The minimum absolute atomic E-state index is 0.00593. The van der Waals surface area contributed by atoms with Gasteiger partial charge in [0.1, 0.15) is 12.6 Å². The summed E-state index contributed by atoms with van der Waals surface area (Å²) in [5.74, 6) is -3.62. The molecule has 28 heteroatoms. The second kappa shape index (κ2) is 73.4. The molecule has 770 valence electrons. The van der Waals surface area contributed by atoms with Crippen LogP contribution in [-0.4, -0.2) is 166 Å². The van der Waals surface area contributed by atoms with Crippen LogP contribution in [0.25, 0.3) is 0 Å². The van der Waals surface area contributed by atoms with Crippen molar-refractivity contribution in [3.8, 4) is 0 Å². The number of carboxylic acids is 4. The highest BCUT2D eigenvalue weighted by molar-refractivity contribution is 6.34. The van der Waals surface area contributed by atoms with Crippen LogP contribution in [0.1, 0.15) is 435 Å². The molecule has 0 spiro atoms. The summed E-state index contributed by atoms with van der Waals surface area (Å²) in [5, 5.41) is 76.4. The Morgan fingerprint density at radius 3 is 1.05 bits per heavy atom. The number of aliphatic hydroxyl groups is 3. The van der Waals surface area contributed by atoms with Crippen LogP contribution in [0.5, 0.6) is 0 Å². The van der Waals surface area contributed by atoms with Gasteiger partial charge in [0.15, 0.2) is 0 Å². The third kappa shape index (κ3) is 135. The molecule has 3 rings (SSSR count). The number of primary amides is 4. The maximum absolute atomic E-state index is 10.7. The van der Waals surface area contributed by atoms with E-state index in [0.29, 0.717) is 113 Å². The Labute approximate surface area is 788 Å². The van der Waals surface area contributed by atoms with Crippen molar-refractivity contribution in [2.45, 2.75) is 448 Å². The van der Waals surface area contributed by atoms with Crippen LogP contribution in [0.3, 0.4) is 0 Å². The molecule has 0 saturated heterocycles. The van der Waals surface area contributed by atoms with Gasteiger partial charge < -0.3 is 84.5 Å². The zero-order chi connectivity index (χ0) is 103. The smallest absolute Gasteiger partial charge is 0.320 e. The van der Waals surface area contributed by atoms with Gasteiger partial charge in [-0.3, -0.25) is 38.4 Å². The van der Waals surface area contributed by atoms with E-state index < -0.39 is 47.8 Å². The normalized spacial score (nSPS) is 16.0. The summed E-state index contributed by atoms with van der Waals surface area (Å²) < 4.78 is 10.4. The number of nitrogens with one attached hydrogen (secondary N) is 2. The van der Waals surface area contributed by atoms with Crippen LogP contribution >= 0.6 is 0 Å². The minimum Gasteiger partial charge on any atom is -0.481 e. The SMILES string of the molecule is CC(C)(C)C1CCC(C(=O)O)CC1.CC(C)(C)C1CCC(O)CC1.CC(C)(C)CC(=O)O.CC(C)(C)CC(N)=O.CC(C)(C)CCCC(N)=O.CC(C)(C)CCCC1=NN=NC1.CC(C)(C)CCCCC(N)C(=O)O.CC(C)(C)CCCNC(=O)C(N)=O.CC(C)(C)CCCNC(N)=O.CC(C)(C)CCCO.CC(C)(C)CCO.CC(C)(C)CCOCCOCCC(=O)O. The Balaban J connectivity index is -0.000000175. The van der Waals surface area contributed by atoms with Crippen molar-refractivity contribution < 1.29 is 88.4 Å². The molecule has 6 amide bonds. The number of nitrogens with two attached hydrogens (primary N) is 5. The lowest BCUT2D eigenvalue weighted by atomic mass is 9.70. The van der Waals surface area contributed by atoms with Crippen LogP contribution in [0.4, 0.5) is 4.79 Å². The number of carbonyl (C=O) groups excluding carboxylic acids is 5.